The molecule has 3 nitrogen and oxygen atoms in total. The molecule has 0 aliphatic carbocycles. The highest BCUT2D eigenvalue weighted by molar-refractivity contribution is 5.78. The van der Waals surface area contributed by atoms with E-state index < -0.39 is 0 Å². The van der Waals surface area contributed by atoms with Gasteiger partial charge in [-0.05, 0) is 12.8 Å². The number of rotatable bonds is 7. The maximum absolute atomic E-state index is 11.2. The molecule has 1 amide bonds. The van der Waals surface area contributed by atoms with Crippen molar-refractivity contribution in [2.45, 2.75) is 33.2 Å². The van der Waals surface area contributed by atoms with Crippen molar-refractivity contribution in [3.63, 3.8) is 0 Å². The summed E-state index contributed by atoms with van der Waals surface area (Å²) in [6.07, 6.45) is 2.80. The Kier molecular flexibility index (Phi) is 7.11. The molecule has 0 aromatic heterocycles. The fourth-order valence-corrected chi connectivity index (χ4v) is 1.06. The molecule has 0 aliphatic rings. The van der Waals surface area contributed by atoms with E-state index in [1.54, 1.807) is 6.08 Å². The van der Waals surface area contributed by atoms with E-state index in [4.69, 9.17) is 0 Å². The second kappa shape index (κ2) is 7.56. The second-order valence-electron chi connectivity index (χ2n) is 3.65. The Balaban J connectivity index is 3.60. The Bertz CT molecular complexity index is 180. The minimum absolute atomic E-state index is 0.0278. The summed E-state index contributed by atoms with van der Waals surface area (Å²) in [5.74, 6) is 0.627. The van der Waals surface area contributed by atoms with E-state index >= 15 is 0 Å². The highest BCUT2D eigenvalue weighted by atomic mass is 16.1. The van der Waals surface area contributed by atoms with Crippen LogP contribution in [0.1, 0.15) is 27.2 Å². The monoisotopic (exact) mass is 198 g/mol. The third kappa shape index (κ3) is 5.75. The first-order valence-electron chi connectivity index (χ1n) is 5.22. The van der Waals surface area contributed by atoms with Gasteiger partial charge in [0.25, 0.3) is 0 Å². The maximum atomic E-state index is 11.2. The van der Waals surface area contributed by atoms with Crippen LogP contribution < -0.4 is 10.6 Å². The second-order valence-corrected chi connectivity index (χ2v) is 3.65. The van der Waals surface area contributed by atoms with Gasteiger partial charge in [0.1, 0.15) is 0 Å². The standard InChI is InChI=1S/C11H22N2O/c1-5-7-12-11(14)8-13-10(4)9(3)6-2/h5,9-10,13H,1,6-8H2,2-4H3,(H,12,14). The number of amides is 1. The summed E-state index contributed by atoms with van der Waals surface area (Å²) in [5.41, 5.74) is 0. The largest absolute Gasteiger partial charge is 0.352 e. The lowest BCUT2D eigenvalue weighted by atomic mass is 10.0. The Hall–Kier alpha value is -0.830. The summed E-state index contributed by atoms with van der Waals surface area (Å²) in [5, 5.41) is 5.92. The Morgan fingerprint density at radius 3 is 2.64 bits per heavy atom. The fraction of sp³-hybridized carbons (Fsp3) is 0.727. The zero-order valence-corrected chi connectivity index (χ0v) is 9.47. The van der Waals surface area contributed by atoms with E-state index in [0.717, 1.165) is 6.42 Å². The van der Waals surface area contributed by atoms with E-state index in [0.29, 0.717) is 25.0 Å². The van der Waals surface area contributed by atoms with Gasteiger partial charge in [-0.3, -0.25) is 4.79 Å². The van der Waals surface area contributed by atoms with Gasteiger partial charge in [0.2, 0.25) is 5.91 Å². The third-order valence-electron chi connectivity index (χ3n) is 2.53. The van der Waals surface area contributed by atoms with Gasteiger partial charge < -0.3 is 10.6 Å². The SMILES string of the molecule is C=CCNC(=O)CNC(C)C(C)CC. The smallest absolute Gasteiger partial charge is 0.234 e. The molecule has 0 heterocycles. The van der Waals surface area contributed by atoms with E-state index in [1.807, 2.05) is 0 Å². The highest BCUT2D eigenvalue weighted by Gasteiger charge is 2.10. The van der Waals surface area contributed by atoms with Crippen molar-refractivity contribution in [2.75, 3.05) is 13.1 Å². The van der Waals surface area contributed by atoms with Gasteiger partial charge in [-0.1, -0.05) is 26.3 Å². The van der Waals surface area contributed by atoms with Crippen LogP contribution in [0.15, 0.2) is 12.7 Å². The molecule has 2 N–H and O–H groups in total. The molecule has 0 aromatic rings. The van der Waals surface area contributed by atoms with Gasteiger partial charge in [0.15, 0.2) is 0 Å². The maximum Gasteiger partial charge on any atom is 0.234 e. The predicted octanol–water partition coefficient (Wildman–Crippen LogP) is 1.31. The van der Waals surface area contributed by atoms with Crippen molar-refractivity contribution in [2.24, 2.45) is 5.92 Å². The van der Waals surface area contributed by atoms with E-state index in [-0.39, 0.29) is 5.91 Å². The van der Waals surface area contributed by atoms with Crippen molar-refractivity contribution in [1.29, 1.82) is 0 Å². The Morgan fingerprint density at radius 2 is 2.14 bits per heavy atom. The van der Waals surface area contributed by atoms with Crippen LogP contribution in [0.2, 0.25) is 0 Å². The minimum Gasteiger partial charge on any atom is -0.352 e. The molecular weight excluding hydrogens is 176 g/mol. The van der Waals surface area contributed by atoms with Gasteiger partial charge in [-0.15, -0.1) is 6.58 Å². The van der Waals surface area contributed by atoms with Gasteiger partial charge in [0.05, 0.1) is 6.54 Å². The summed E-state index contributed by atoms with van der Waals surface area (Å²) < 4.78 is 0. The van der Waals surface area contributed by atoms with Gasteiger partial charge >= 0.3 is 0 Å². The first-order chi connectivity index (χ1) is 6.61. The molecule has 0 aromatic carbocycles. The number of carbonyl (C=O) groups excluding carboxylic acids is 1. The van der Waals surface area contributed by atoms with Gasteiger partial charge in [-0.25, -0.2) is 0 Å². The van der Waals surface area contributed by atoms with Crippen LogP contribution in [0.25, 0.3) is 0 Å². The number of hydrogen-bond donors (Lipinski definition) is 2. The average molecular weight is 198 g/mol. The lowest BCUT2D eigenvalue weighted by Crippen LogP contribution is -2.40. The summed E-state index contributed by atoms with van der Waals surface area (Å²) in [4.78, 5) is 11.2. The normalized spacial score (nSPS) is 14.5. The topological polar surface area (TPSA) is 41.1 Å². The number of carbonyl (C=O) groups is 1. The van der Waals surface area contributed by atoms with Crippen molar-refractivity contribution in [1.82, 2.24) is 10.6 Å². The number of nitrogens with one attached hydrogen (secondary N) is 2. The lowest BCUT2D eigenvalue weighted by molar-refractivity contribution is -0.120. The van der Waals surface area contributed by atoms with Gasteiger partial charge in [-0.2, -0.15) is 0 Å². The molecule has 0 radical (unpaired) electrons. The molecule has 82 valence electrons. The quantitative estimate of drug-likeness (QED) is 0.606. The van der Waals surface area contributed by atoms with Crippen molar-refractivity contribution < 1.29 is 4.79 Å². The fourth-order valence-electron chi connectivity index (χ4n) is 1.06. The zero-order chi connectivity index (χ0) is 11.0. The van der Waals surface area contributed by atoms with Crippen LogP contribution >= 0.6 is 0 Å². The Morgan fingerprint density at radius 1 is 1.50 bits per heavy atom. The molecule has 2 atom stereocenters. The molecule has 0 saturated carbocycles. The average Bonchev–Trinajstić information content (AvgIpc) is 2.21. The van der Waals surface area contributed by atoms with E-state index in [1.165, 1.54) is 0 Å². The molecular formula is C11H22N2O. The van der Waals surface area contributed by atoms with Crippen molar-refractivity contribution >= 4 is 5.91 Å². The van der Waals surface area contributed by atoms with Crippen molar-refractivity contribution in [3.8, 4) is 0 Å². The highest BCUT2D eigenvalue weighted by Crippen LogP contribution is 2.05. The summed E-state index contributed by atoms with van der Waals surface area (Å²) in [6, 6.07) is 0.384. The van der Waals surface area contributed by atoms with E-state index in [9.17, 15) is 4.79 Å². The third-order valence-corrected chi connectivity index (χ3v) is 2.53. The van der Waals surface area contributed by atoms with Crippen LogP contribution in [0.3, 0.4) is 0 Å². The molecule has 0 fully saturated rings. The molecule has 0 rings (SSSR count). The molecule has 0 aliphatic heterocycles. The molecule has 0 spiro atoms. The van der Waals surface area contributed by atoms with Gasteiger partial charge in [0, 0.05) is 12.6 Å². The molecule has 2 unspecified atom stereocenters. The number of hydrogen-bond acceptors (Lipinski definition) is 2. The Labute approximate surface area is 87.0 Å². The summed E-state index contributed by atoms with van der Waals surface area (Å²) in [6.45, 7) is 10.9. The molecule has 14 heavy (non-hydrogen) atoms. The lowest BCUT2D eigenvalue weighted by Gasteiger charge is -2.19. The van der Waals surface area contributed by atoms with Crippen LogP contribution in [-0.4, -0.2) is 25.0 Å². The summed E-state index contributed by atoms with van der Waals surface area (Å²) in [7, 11) is 0. The van der Waals surface area contributed by atoms with E-state index in [2.05, 4.69) is 38.0 Å². The minimum atomic E-state index is 0.0278. The predicted molar refractivity (Wildman–Crippen MR) is 60.1 cm³/mol. The van der Waals surface area contributed by atoms with Crippen LogP contribution in [0.4, 0.5) is 0 Å². The molecule has 3 heteroatoms. The molecule has 0 saturated heterocycles. The van der Waals surface area contributed by atoms with Crippen LogP contribution in [0.5, 0.6) is 0 Å². The first kappa shape index (κ1) is 13.2. The molecule has 0 bridgehead atoms. The summed E-state index contributed by atoms with van der Waals surface area (Å²) >= 11 is 0. The van der Waals surface area contributed by atoms with Crippen LogP contribution in [-0.2, 0) is 4.79 Å². The van der Waals surface area contributed by atoms with Crippen LogP contribution in [0, 0.1) is 5.92 Å². The van der Waals surface area contributed by atoms with Crippen molar-refractivity contribution in [3.05, 3.63) is 12.7 Å². The first-order valence-corrected chi connectivity index (χ1v) is 5.22. The zero-order valence-electron chi connectivity index (χ0n) is 9.47.